The van der Waals surface area contributed by atoms with E-state index in [0.29, 0.717) is 6.10 Å². The van der Waals surface area contributed by atoms with Crippen LogP contribution in [0.1, 0.15) is 20.8 Å². The third-order valence-electron chi connectivity index (χ3n) is 5.22. The molecule has 126 valence electrons. The quantitative estimate of drug-likeness (QED) is 0.691. The molecule has 2 heterocycles. The van der Waals surface area contributed by atoms with Gasteiger partial charge in [-0.2, -0.15) is 5.10 Å². The zero-order chi connectivity index (χ0) is 17.0. The Hall–Kier alpha value is -1.53. The summed E-state index contributed by atoms with van der Waals surface area (Å²) in [6, 6.07) is 4.10. The Bertz CT molecular complexity index is 726. The SMILES string of the molecule is Cn1cc2cc(N)c(N3CC(O[Si](C)(C)C(C)(C)C)C3)cc2n1. The molecule has 0 radical (unpaired) electrons. The van der Waals surface area contributed by atoms with Crippen LogP contribution in [0.3, 0.4) is 0 Å². The molecule has 0 saturated carbocycles. The van der Waals surface area contributed by atoms with E-state index in [0.717, 1.165) is 35.4 Å². The first-order chi connectivity index (χ1) is 10.6. The molecule has 1 saturated heterocycles. The summed E-state index contributed by atoms with van der Waals surface area (Å²) in [7, 11) is 0.237. The number of hydrogen-bond donors (Lipinski definition) is 1. The summed E-state index contributed by atoms with van der Waals surface area (Å²) in [5.74, 6) is 0. The highest BCUT2D eigenvalue weighted by Gasteiger charge is 2.42. The molecule has 5 nitrogen and oxygen atoms in total. The van der Waals surface area contributed by atoms with Crippen molar-refractivity contribution < 1.29 is 4.43 Å². The van der Waals surface area contributed by atoms with Gasteiger partial charge >= 0.3 is 0 Å². The maximum Gasteiger partial charge on any atom is 0.192 e. The van der Waals surface area contributed by atoms with E-state index in [1.165, 1.54) is 0 Å². The van der Waals surface area contributed by atoms with Gasteiger partial charge < -0.3 is 15.1 Å². The molecule has 0 atom stereocenters. The smallest absolute Gasteiger partial charge is 0.192 e. The van der Waals surface area contributed by atoms with Crippen molar-refractivity contribution in [3.05, 3.63) is 18.3 Å². The minimum Gasteiger partial charge on any atom is -0.410 e. The Morgan fingerprint density at radius 3 is 2.52 bits per heavy atom. The van der Waals surface area contributed by atoms with E-state index in [1.807, 2.05) is 24.0 Å². The summed E-state index contributed by atoms with van der Waals surface area (Å²) >= 11 is 0. The van der Waals surface area contributed by atoms with Crippen LogP contribution >= 0.6 is 0 Å². The van der Waals surface area contributed by atoms with Gasteiger partial charge in [-0.25, -0.2) is 0 Å². The first-order valence-corrected chi connectivity index (χ1v) is 11.1. The van der Waals surface area contributed by atoms with Crippen LogP contribution in [0, 0.1) is 0 Å². The Balaban J connectivity index is 1.71. The summed E-state index contributed by atoms with van der Waals surface area (Å²) in [5.41, 5.74) is 9.12. The van der Waals surface area contributed by atoms with Gasteiger partial charge in [-0.15, -0.1) is 0 Å². The van der Waals surface area contributed by atoms with Crippen molar-refractivity contribution in [3.63, 3.8) is 0 Å². The standard InChI is InChI=1S/C17H28N4OSi/c1-17(2,3)23(5,6)22-13-10-21(11-13)16-8-15-12(7-14(16)18)9-20(4)19-15/h7-9,13H,10-11,18H2,1-6H3. The van der Waals surface area contributed by atoms with Crippen LogP contribution in [0.5, 0.6) is 0 Å². The molecule has 1 aliphatic heterocycles. The Morgan fingerprint density at radius 1 is 1.26 bits per heavy atom. The molecule has 1 aromatic carbocycles. The number of benzene rings is 1. The highest BCUT2D eigenvalue weighted by atomic mass is 28.4. The lowest BCUT2D eigenvalue weighted by Gasteiger charge is -2.47. The summed E-state index contributed by atoms with van der Waals surface area (Å²) in [6.07, 6.45) is 2.31. The zero-order valence-corrected chi connectivity index (χ0v) is 16.1. The van der Waals surface area contributed by atoms with Gasteiger partial charge in [0.1, 0.15) is 0 Å². The number of hydrogen-bond acceptors (Lipinski definition) is 4. The van der Waals surface area contributed by atoms with Crippen LogP contribution in [0.15, 0.2) is 18.3 Å². The number of fused-ring (bicyclic) bond motifs is 1. The first kappa shape index (κ1) is 16.3. The fraction of sp³-hybridized carbons (Fsp3) is 0.588. The van der Waals surface area contributed by atoms with Crippen LogP contribution in [0.4, 0.5) is 11.4 Å². The van der Waals surface area contributed by atoms with Crippen LogP contribution in [-0.4, -0.2) is 37.3 Å². The molecule has 0 aliphatic carbocycles. The molecular formula is C17H28N4OSi. The van der Waals surface area contributed by atoms with Crippen molar-refractivity contribution in [1.29, 1.82) is 0 Å². The molecule has 2 aromatic rings. The normalized spacial score (nSPS) is 16.9. The number of nitrogens with zero attached hydrogens (tertiary/aromatic N) is 3. The maximum absolute atomic E-state index is 6.46. The lowest BCUT2D eigenvalue weighted by molar-refractivity contribution is 0.149. The van der Waals surface area contributed by atoms with Gasteiger partial charge in [0.15, 0.2) is 8.32 Å². The average molecular weight is 333 g/mol. The number of nitrogens with two attached hydrogens (primary N) is 1. The van der Waals surface area contributed by atoms with Crippen LogP contribution in [-0.2, 0) is 11.5 Å². The van der Waals surface area contributed by atoms with Crippen molar-refractivity contribution in [3.8, 4) is 0 Å². The van der Waals surface area contributed by atoms with Gasteiger partial charge in [-0.3, -0.25) is 4.68 Å². The molecule has 2 N–H and O–H groups in total. The predicted molar refractivity (Wildman–Crippen MR) is 99.4 cm³/mol. The van der Waals surface area contributed by atoms with Gasteiger partial charge in [0.05, 0.1) is 23.0 Å². The minimum absolute atomic E-state index is 0.249. The molecule has 6 heteroatoms. The number of aryl methyl sites for hydroxylation is 1. The topological polar surface area (TPSA) is 56.3 Å². The fourth-order valence-electron chi connectivity index (χ4n) is 2.78. The first-order valence-electron chi connectivity index (χ1n) is 8.22. The summed E-state index contributed by atoms with van der Waals surface area (Å²) in [5, 5.41) is 5.81. The molecule has 0 amide bonds. The Labute approximate surface area is 139 Å². The van der Waals surface area contributed by atoms with Crippen LogP contribution in [0.25, 0.3) is 10.9 Å². The summed E-state index contributed by atoms with van der Waals surface area (Å²) in [4.78, 5) is 2.29. The Kier molecular flexibility index (Phi) is 3.72. The van der Waals surface area contributed by atoms with Crippen molar-refractivity contribution in [2.24, 2.45) is 7.05 Å². The monoisotopic (exact) mass is 332 g/mol. The van der Waals surface area contributed by atoms with Gasteiger partial charge in [-0.1, -0.05) is 20.8 Å². The highest BCUT2D eigenvalue weighted by molar-refractivity contribution is 6.74. The summed E-state index contributed by atoms with van der Waals surface area (Å²) in [6.45, 7) is 13.3. The van der Waals surface area contributed by atoms with E-state index in [4.69, 9.17) is 10.2 Å². The van der Waals surface area contributed by atoms with E-state index < -0.39 is 8.32 Å². The number of nitrogen functional groups attached to an aromatic ring is 1. The van der Waals surface area contributed by atoms with Crippen molar-refractivity contribution in [2.45, 2.75) is 45.0 Å². The molecule has 23 heavy (non-hydrogen) atoms. The molecule has 0 spiro atoms. The molecular weight excluding hydrogens is 304 g/mol. The van der Waals surface area contributed by atoms with E-state index in [1.54, 1.807) is 0 Å². The minimum atomic E-state index is -1.70. The third kappa shape index (κ3) is 2.97. The lowest BCUT2D eigenvalue weighted by Crippen LogP contribution is -2.58. The third-order valence-corrected chi connectivity index (χ3v) is 9.76. The predicted octanol–water partition coefficient (Wildman–Crippen LogP) is 3.37. The molecule has 1 fully saturated rings. The van der Waals surface area contributed by atoms with Crippen LogP contribution < -0.4 is 10.6 Å². The van der Waals surface area contributed by atoms with E-state index >= 15 is 0 Å². The zero-order valence-electron chi connectivity index (χ0n) is 15.1. The highest BCUT2D eigenvalue weighted by Crippen LogP contribution is 2.39. The van der Waals surface area contributed by atoms with Gasteiger partial charge in [0, 0.05) is 31.7 Å². The van der Waals surface area contributed by atoms with Crippen molar-refractivity contribution in [1.82, 2.24) is 9.78 Å². The molecule has 1 aliphatic rings. The number of rotatable bonds is 3. The van der Waals surface area contributed by atoms with Crippen molar-refractivity contribution in [2.75, 3.05) is 23.7 Å². The fourth-order valence-corrected chi connectivity index (χ4v) is 4.11. The molecule has 0 bridgehead atoms. The molecule has 1 aromatic heterocycles. The lowest BCUT2D eigenvalue weighted by atomic mass is 10.1. The summed E-state index contributed by atoms with van der Waals surface area (Å²) < 4.78 is 8.28. The second kappa shape index (κ2) is 5.24. The molecule has 3 rings (SSSR count). The molecule has 0 unspecified atom stereocenters. The largest absolute Gasteiger partial charge is 0.410 e. The van der Waals surface area contributed by atoms with E-state index in [2.05, 4.69) is 49.9 Å². The van der Waals surface area contributed by atoms with Crippen LogP contribution in [0.2, 0.25) is 18.1 Å². The van der Waals surface area contributed by atoms with E-state index in [-0.39, 0.29) is 5.04 Å². The average Bonchev–Trinajstić information content (AvgIpc) is 2.70. The maximum atomic E-state index is 6.46. The van der Waals surface area contributed by atoms with Gasteiger partial charge in [0.25, 0.3) is 0 Å². The van der Waals surface area contributed by atoms with Crippen molar-refractivity contribution >= 4 is 30.6 Å². The van der Waals surface area contributed by atoms with E-state index in [9.17, 15) is 0 Å². The van der Waals surface area contributed by atoms with Gasteiger partial charge in [-0.05, 0) is 30.3 Å². The van der Waals surface area contributed by atoms with Gasteiger partial charge in [0.2, 0.25) is 0 Å². The Morgan fingerprint density at radius 2 is 1.91 bits per heavy atom. The number of anilines is 2. The number of aromatic nitrogens is 2. The second-order valence-electron chi connectivity index (χ2n) is 8.18. The second-order valence-corrected chi connectivity index (χ2v) is 12.9.